The molecule has 4 unspecified atom stereocenters. The molecule has 19 heavy (non-hydrogen) atoms. The molecule has 3 fully saturated rings. The minimum Gasteiger partial charge on any atom is -0.478 e. The van der Waals surface area contributed by atoms with Gasteiger partial charge in [-0.25, -0.2) is 4.79 Å². The van der Waals surface area contributed by atoms with E-state index in [1.54, 1.807) is 6.07 Å². The van der Waals surface area contributed by atoms with Gasteiger partial charge in [-0.1, -0.05) is 15.9 Å². The lowest BCUT2D eigenvalue weighted by molar-refractivity contribution is 0.0698. The Morgan fingerprint density at radius 3 is 2.58 bits per heavy atom. The first-order valence-corrected chi connectivity index (χ1v) is 7.74. The predicted molar refractivity (Wildman–Crippen MR) is 76.3 cm³/mol. The largest absolute Gasteiger partial charge is 0.478 e. The van der Waals surface area contributed by atoms with E-state index in [-0.39, 0.29) is 0 Å². The first-order chi connectivity index (χ1) is 9.15. The molecule has 3 aliphatic rings. The van der Waals surface area contributed by atoms with Crippen molar-refractivity contribution in [2.75, 3.05) is 5.32 Å². The van der Waals surface area contributed by atoms with E-state index >= 15 is 0 Å². The number of halogens is 1. The van der Waals surface area contributed by atoms with E-state index in [2.05, 4.69) is 21.2 Å². The number of carboxylic acid groups (broad SMARTS) is 1. The van der Waals surface area contributed by atoms with Crippen LogP contribution in [0.15, 0.2) is 22.7 Å². The van der Waals surface area contributed by atoms with Gasteiger partial charge in [0.2, 0.25) is 0 Å². The van der Waals surface area contributed by atoms with Gasteiger partial charge in [-0.2, -0.15) is 0 Å². The zero-order valence-corrected chi connectivity index (χ0v) is 12.1. The third-order valence-electron chi connectivity index (χ3n) is 5.27. The molecule has 2 bridgehead atoms. The van der Waals surface area contributed by atoms with Crippen molar-refractivity contribution in [2.24, 2.45) is 23.7 Å². The highest BCUT2D eigenvalue weighted by molar-refractivity contribution is 9.10. The van der Waals surface area contributed by atoms with E-state index in [4.69, 9.17) is 0 Å². The van der Waals surface area contributed by atoms with Crippen LogP contribution in [0, 0.1) is 23.7 Å². The second-order valence-electron chi connectivity index (χ2n) is 6.15. The normalized spacial score (nSPS) is 38.1. The first kappa shape index (κ1) is 11.8. The molecule has 3 nitrogen and oxygen atoms in total. The molecule has 4 rings (SSSR count). The van der Waals surface area contributed by atoms with Crippen LogP contribution >= 0.6 is 15.9 Å². The molecule has 1 aromatic carbocycles. The Balaban J connectivity index is 1.57. The summed E-state index contributed by atoms with van der Waals surface area (Å²) >= 11 is 3.33. The third-order valence-corrected chi connectivity index (χ3v) is 5.76. The third kappa shape index (κ3) is 1.72. The maximum atomic E-state index is 11.3. The fraction of sp³-hybridized carbons (Fsp3) is 0.533. The molecular formula is C15H16BrNO2. The zero-order valence-electron chi connectivity index (χ0n) is 10.5. The van der Waals surface area contributed by atoms with Gasteiger partial charge in [0, 0.05) is 16.2 Å². The summed E-state index contributed by atoms with van der Waals surface area (Å²) in [6, 6.07) is 5.98. The highest BCUT2D eigenvalue weighted by Gasteiger charge is 2.65. The summed E-state index contributed by atoms with van der Waals surface area (Å²) in [6.07, 6.45) is 4.19. The van der Waals surface area contributed by atoms with Gasteiger partial charge in [0.15, 0.2) is 0 Å². The SMILES string of the molecule is O=C(O)c1cc(Br)ccc1NC1C2C3CCC(C3)C12. The maximum absolute atomic E-state index is 11.3. The lowest BCUT2D eigenvalue weighted by Gasteiger charge is -2.14. The second kappa shape index (κ2) is 3.98. The van der Waals surface area contributed by atoms with Gasteiger partial charge >= 0.3 is 5.97 Å². The number of aromatic carboxylic acids is 1. The topological polar surface area (TPSA) is 49.3 Å². The van der Waals surface area contributed by atoms with Crippen molar-refractivity contribution in [2.45, 2.75) is 25.3 Å². The fourth-order valence-electron chi connectivity index (χ4n) is 4.52. The van der Waals surface area contributed by atoms with Crippen molar-refractivity contribution in [3.8, 4) is 0 Å². The number of fused-ring (bicyclic) bond motifs is 5. The van der Waals surface area contributed by atoms with Gasteiger partial charge in [-0.3, -0.25) is 0 Å². The average Bonchev–Trinajstić information content (AvgIpc) is 2.79. The summed E-state index contributed by atoms with van der Waals surface area (Å²) in [5.74, 6) is 2.55. The molecule has 3 aliphatic carbocycles. The van der Waals surface area contributed by atoms with E-state index in [0.717, 1.165) is 33.8 Å². The first-order valence-electron chi connectivity index (χ1n) is 6.94. The van der Waals surface area contributed by atoms with Crippen LogP contribution in [0.4, 0.5) is 5.69 Å². The molecule has 0 aromatic heterocycles. The quantitative estimate of drug-likeness (QED) is 0.894. The van der Waals surface area contributed by atoms with Gasteiger partial charge in [0.1, 0.15) is 0 Å². The maximum Gasteiger partial charge on any atom is 0.337 e. The number of hydrogen-bond donors (Lipinski definition) is 2. The van der Waals surface area contributed by atoms with Crippen LogP contribution in [-0.4, -0.2) is 17.1 Å². The van der Waals surface area contributed by atoms with E-state index in [1.807, 2.05) is 12.1 Å². The lowest BCUT2D eigenvalue weighted by Crippen LogP contribution is -2.15. The molecule has 4 heteroatoms. The number of carbonyl (C=O) groups is 1. The van der Waals surface area contributed by atoms with Gasteiger partial charge < -0.3 is 10.4 Å². The van der Waals surface area contributed by atoms with E-state index in [9.17, 15) is 9.90 Å². The van der Waals surface area contributed by atoms with Gasteiger partial charge in [0.05, 0.1) is 5.56 Å². The van der Waals surface area contributed by atoms with Crippen molar-refractivity contribution in [1.82, 2.24) is 0 Å². The van der Waals surface area contributed by atoms with Crippen molar-refractivity contribution in [3.63, 3.8) is 0 Å². The van der Waals surface area contributed by atoms with E-state index in [1.165, 1.54) is 19.3 Å². The molecule has 2 N–H and O–H groups in total. The lowest BCUT2D eigenvalue weighted by atomic mass is 10.0. The average molecular weight is 322 g/mol. The molecule has 4 atom stereocenters. The van der Waals surface area contributed by atoms with Crippen LogP contribution in [0.3, 0.4) is 0 Å². The smallest absolute Gasteiger partial charge is 0.337 e. The summed E-state index contributed by atoms with van der Waals surface area (Å²) in [5.41, 5.74) is 1.14. The Kier molecular flexibility index (Phi) is 2.47. The Hall–Kier alpha value is -1.03. The Labute approximate surface area is 120 Å². The van der Waals surface area contributed by atoms with Crippen LogP contribution in [0.25, 0.3) is 0 Å². The van der Waals surface area contributed by atoms with Crippen LogP contribution in [0.5, 0.6) is 0 Å². The second-order valence-corrected chi connectivity index (χ2v) is 7.07. The van der Waals surface area contributed by atoms with E-state index in [0.29, 0.717) is 11.6 Å². The molecule has 0 spiro atoms. The molecular weight excluding hydrogens is 306 g/mol. The molecule has 0 amide bonds. The minimum absolute atomic E-state index is 0.367. The van der Waals surface area contributed by atoms with Crippen molar-refractivity contribution in [3.05, 3.63) is 28.2 Å². The molecule has 0 saturated heterocycles. The molecule has 0 radical (unpaired) electrons. The number of hydrogen-bond acceptors (Lipinski definition) is 2. The van der Waals surface area contributed by atoms with Crippen molar-refractivity contribution in [1.29, 1.82) is 0 Å². The van der Waals surface area contributed by atoms with Crippen LogP contribution < -0.4 is 5.32 Å². The Morgan fingerprint density at radius 1 is 1.26 bits per heavy atom. The molecule has 1 aromatic rings. The fourth-order valence-corrected chi connectivity index (χ4v) is 4.88. The summed E-state index contributed by atoms with van der Waals surface area (Å²) in [7, 11) is 0. The van der Waals surface area contributed by atoms with Crippen molar-refractivity contribution >= 4 is 27.6 Å². The standard InChI is InChI=1S/C15H16BrNO2/c16-9-3-4-11(10(6-9)15(18)19)17-14-12-7-1-2-8(5-7)13(12)14/h3-4,6-8,12-14,17H,1-2,5H2,(H,18,19). The summed E-state index contributed by atoms with van der Waals surface area (Å²) in [4.78, 5) is 11.3. The summed E-state index contributed by atoms with van der Waals surface area (Å²) in [5, 5.41) is 12.8. The van der Waals surface area contributed by atoms with Crippen LogP contribution in [0.1, 0.15) is 29.6 Å². The van der Waals surface area contributed by atoms with Gasteiger partial charge in [0.25, 0.3) is 0 Å². The predicted octanol–water partition coefficient (Wildman–Crippen LogP) is 3.60. The monoisotopic (exact) mass is 321 g/mol. The molecule has 0 aliphatic heterocycles. The van der Waals surface area contributed by atoms with Crippen molar-refractivity contribution < 1.29 is 9.90 Å². The zero-order chi connectivity index (χ0) is 13.1. The number of rotatable bonds is 3. The minimum atomic E-state index is -0.863. The highest BCUT2D eigenvalue weighted by atomic mass is 79.9. The highest BCUT2D eigenvalue weighted by Crippen LogP contribution is 2.66. The van der Waals surface area contributed by atoms with Crippen LogP contribution in [0.2, 0.25) is 0 Å². The molecule has 100 valence electrons. The molecule has 3 saturated carbocycles. The number of benzene rings is 1. The van der Waals surface area contributed by atoms with Gasteiger partial charge in [-0.05, 0) is 61.1 Å². The number of anilines is 1. The van der Waals surface area contributed by atoms with E-state index < -0.39 is 5.97 Å². The van der Waals surface area contributed by atoms with Gasteiger partial charge in [-0.15, -0.1) is 0 Å². The van der Waals surface area contributed by atoms with Crippen LogP contribution in [-0.2, 0) is 0 Å². The summed E-state index contributed by atoms with van der Waals surface area (Å²) < 4.78 is 0.812. The molecule has 0 heterocycles. The Morgan fingerprint density at radius 2 is 1.95 bits per heavy atom. The number of carboxylic acids is 1. The summed E-state index contributed by atoms with van der Waals surface area (Å²) in [6.45, 7) is 0. The number of nitrogens with one attached hydrogen (secondary N) is 1. The Bertz CT molecular complexity index is 543.